The molecule has 254 valence electrons. The van der Waals surface area contributed by atoms with Gasteiger partial charge in [-0.3, -0.25) is 0 Å². The summed E-state index contributed by atoms with van der Waals surface area (Å²) in [4.78, 5) is 58.5. The Kier molecular flexibility index (Phi) is 23.8. The molecule has 52 heavy (non-hydrogen) atoms. The number of rotatable bonds is 9. The summed E-state index contributed by atoms with van der Waals surface area (Å²) in [5.74, 6) is 2.15. The number of aliphatic imine (C=N–C) groups is 3. The normalized spacial score (nSPS) is 10.2. The minimum Gasteiger partial charge on any atom is -0.330 e. The van der Waals surface area contributed by atoms with Crippen LogP contribution in [0, 0.1) is 10.2 Å². The van der Waals surface area contributed by atoms with Crippen LogP contribution in [-0.2, 0) is 54.6 Å². The number of halogens is 1. The standard InChI is InChI=1S/3C9H7N6.2Cd.ClHO4/c3*1-3-10-8(11-4-1)14-7-15-9-12-5-2-6-13-9;;;2-1(3,4)5/h3*1-7H;;;(H,2,3,4,5)/q3*-1;2*+2;/p-1. The topological polar surface area (TPSA) is 326 Å². The van der Waals surface area contributed by atoms with E-state index < -0.39 is 10.2 Å². The third-order valence-corrected chi connectivity index (χ3v) is 4.35. The van der Waals surface area contributed by atoms with Crippen LogP contribution in [-0.4, -0.2) is 78.8 Å². The van der Waals surface area contributed by atoms with E-state index in [9.17, 15) is 0 Å². The van der Waals surface area contributed by atoms with E-state index in [0.29, 0.717) is 35.7 Å². The Bertz CT molecular complexity index is 1610. The summed E-state index contributed by atoms with van der Waals surface area (Å²) >= 11 is 0. The Morgan fingerprint density at radius 2 is 0.538 bits per heavy atom. The van der Waals surface area contributed by atoms with Crippen molar-refractivity contribution in [1.82, 2.24) is 59.8 Å². The van der Waals surface area contributed by atoms with Crippen molar-refractivity contribution in [3.05, 3.63) is 127 Å². The molecule has 22 nitrogen and oxygen atoms in total. The Balaban J connectivity index is 0.000000359. The van der Waals surface area contributed by atoms with E-state index in [1.165, 1.54) is 19.0 Å². The third kappa shape index (κ3) is 23.3. The molecule has 0 bridgehead atoms. The van der Waals surface area contributed by atoms with Gasteiger partial charge in [-0.2, -0.15) is 0 Å². The summed E-state index contributed by atoms with van der Waals surface area (Å²) in [5, 5.41) is 11.7. The molecule has 0 unspecified atom stereocenters. The van der Waals surface area contributed by atoms with Gasteiger partial charge in [-0.15, -0.1) is 10.2 Å². The number of hydrogen-bond acceptors (Lipinski definition) is 19. The molecule has 0 spiro atoms. The molecule has 0 N–H and O–H groups in total. The van der Waals surface area contributed by atoms with Gasteiger partial charge in [0.2, 0.25) is 0 Å². The van der Waals surface area contributed by atoms with Crippen LogP contribution in [0.15, 0.2) is 126 Å². The van der Waals surface area contributed by atoms with E-state index in [2.05, 4.69) is 90.7 Å². The molecular weight excluding hydrogens is 901 g/mol. The van der Waals surface area contributed by atoms with Crippen LogP contribution in [0.2, 0.25) is 0 Å². The van der Waals surface area contributed by atoms with Crippen LogP contribution in [0.25, 0.3) is 16.0 Å². The monoisotopic (exact) mass is 924 g/mol. The van der Waals surface area contributed by atoms with Gasteiger partial charge in [-0.1, -0.05) is 0 Å². The predicted octanol–water partition coefficient (Wildman–Crippen LogP) is 0.134. The molecule has 0 radical (unpaired) electrons. The van der Waals surface area contributed by atoms with Crippen molar-refractivity contribution in [2.45, 2.75) is 0 Å². The van der Waals surface area contributed by atoms with Crippen molar-refractivity contribution in [1.29, 1.82) is 0 Å². The van der Waals surface area contributed by atoms with Crippen LogP contribution in [0.5, 0.6) is 0 Å². The van der Waals surface area contributed by atoms with Gasteiger partial charge in [-0.25, -0.2) is 48.5 Å². The summed E-state index contributed by atoms with van der Waals surface area (Å²) in [5.41, 5.74) is 0. The Labute approximate surface area is 337 Å². The van der Waals surface area contributed by atoms with Crippen molar-refractivity contribution in [3.8, 4) is 0 Å². The average Bonchev–Trinajstić information content (AvgIpc) is 3.14. The van der Waals surface area contributed by atoms with Crippen LogP contribution >= 0.6 is 0 Å². The van der Waals surface area contributed by atoms with Crippen molar-refractivity contribution in [2.75, 3.05) is 0 Å². The minimum atomic E-state index is -4.94. The zero-order chi connectivity index (χ0) is 35.5. The fourth-order valence-corrected chi connectivity index (χ4v) is 2.54. The van der Waals surface area contributed by atoms with Crippen LogP contribution in [0.4, 0.5) is 35.7 Å². The van der Waals surface area contributed by atoms with Crippen LogP contribution in [0.3, 0.4) is 0 Å². The fourth-order valence-electron chi connectivity index (χ4n) is 2.54. The van der Waals surface area contributed by atoms with E-state index in [0.717, 1.165) is 0 Å². The minimum absolute atomic E-state index is 0. The maximum Gasteiger partial charge on any atom is 2.00 e. The van der Waals surface area contributed by atoms with E-state index in [4.69, 9.17) is 18.6 Å². The Hall–Kier alpha value is -5.14. The Morgan fingerprint density at radius 3 is 0.731 bits per heavy atom. The molecule has 0 fully saturated rings. The number of aromatic nitrogens is 12. The quantitative estimate of drug-likeness (QED) is 0.106. The molecule has 0 aromatic carbocycles. The summed E-state index contributed by atoms with van der Waals surface area (Å²) in [6.07, 6.45) is 23.3. The molecule has 25 heteroatoms. The molecule has 0 aliphatic carbocycles. The third-order valence-electron chi connectivity index (χ3n) is 4.35. The van der Waals surface area contributed by atoms with Crippen LogP contribution < -0.4 is 18.6 Å². The van der Waals surface area contributed by atoms with E-state index in [1.54, 1.807) is 111 Å². The first-order valence-corrected chi connectivity index (χ1v) is 14.5. The number of nitrogens with zero attached hydrogens (tertiary/aromatic N) is 18. The molecule has 0 saturated carbocycles. The molecule has 6 heterocycles. The average molecular weight is 922 g/mol. The maximum atomic E-state index is 8.49. The van der Waals surface area contributed by atoms with Gasteiger partial charge in [0, 0.05) is 56.2 Å². The first-order valence-electron chi connectivity index (χ1n) is 13.3. The smallest absolute Gasteiger partial charge is 0.330 e. The van der Waals surface area contributed by atoms with E-state index >= 15 is 0 Å². The van der Waals surface area contributed by atoms with Gasteiger partial charge in [0.15, 0.2) is 17.8 Å². The summed E-state index contributed by atoms with van der Waals surface area (Å²) < 4.78 is 34.0. The molecule has 0 amide bonds. The first kappa shape index (κ1) is 44.9. The zero-order valence-corrected chi connectivity index (χ0v) is 35.4. The largest absolute Gasteiger partial charge is 2.00 e. The van der Waals surface area contributed by atoms with E-state index in [-0.39, 0.29) is 54.6 Å². The second-order valence-electron chi connectivity index (χ2n) is 7.79. The van der Waals surface area contributed by atoms with Gasteiger partial charge < -0.3 is 60.8 Å². The van der Waals surface area contributed by atoms with Gasteiger partial charge in [-0.05, 0) is 73.6 Å². The maximum absolute atomic E-state index is 8.49. The summed E-state index contributed by atoms with van der Waals surface area (Å²) in [7, 11) is -4.94. The molecule has 0 atom stereocenters. The second kappa shape index (κ2) is 27.6. The predicted molar refractivity (Wildman–Crippen MR) is 166 cm³/mol. The number of hydrogen-bond donors (Lipinski definition) is 0. The Morgan fingerprint density at radius 1 is 0.365 bits per heavy atom. The van der Waals surface area contributed by atoms with Gasteiger partial charge in [0.05, 0.1) is 17.8 Å². The van der Waals surface area contributed by atoms with Gasteiger partial charge in [0.1, 0.15) is 0 Å². The zero-order valence-electron chi connectivity index (χ0n) is 26.6. The summed E-state index contributed by atoms with van der Waals surface area (Å²) in [6, 6.07) is 10.3. The van der Waals surface area contributed by atoms with Crippen molar-refractivity contribution < 1.29 is 83.5 Å². The molecule has 6 aromatic rings. The van der Waals surface area contributed by atoms with Gasteiger partial charge >= 0.3 is 54.6 Å². The van der Waals surface area contributed by atoms with Crippen LogP contribution in [0.1, 0.15) is 0 Å². The molecule has 6 rings (SSSR count). The first-order chi connectivity index (χ1) is 24.3. The van der Waals surface area contributed by atoms with Gasteiger partial charge in [0.25, 0.3) is 0 Å². The summed E-state index contributed by atoms with van der Waals surface area (Å²) in [6.45, 7) is 0. The second-order valence-corrected chi connectivity index (χ2v) is 8.55. The molecule has 6 aromatic heterocycles. The molecule has 0 saturated heterocycles. The molecular formula is C27H21Cd2ClN18O4. The SMILES string of the molecule is C(=N\c1ncccn1)/[N-]c1ncccn1.C(=N\c1ncccn1)/[N-]c1ncccn1.C(=N\c1ncccn1)/[N-]c1ncccn1.[Cd+2].[Cd+2].[O-][Cl+3]([O-])([O-])[O-]. The molecule has 0 aliphatic heterocycles. The van der Waals surface area contributed by atoms with Crippen molar-refractivity contribution >= 4 is 54.7 Å². The molecule has 0 aliphatic rings. The van der Waals surface area contributed by atoms with Crippen molar-refractivity contribution in [2.24, 2.45) is 15.0 Å². The van der Waals surface area contributed by atoms with Crippen molar-refractivity contribution in [3.63, 3.8) is 0 Å². The fraction of sp³-hybridized carbons (Fsp3) is 0. The van der Waals surface area contributed by atoms with E-state index in [1.807, 2.05) is 0 Å².